The van der Waals surface area contributed by atoms with Crippen molar-refractivity contribution in [2.24, 2.45) is 11.8 Å². The molecule has 3 rings (SSSR count). The number of nitrogens with one attached hydrogen (secondary N) is 1. The number of likely N-dealkylation sites (tertiary alicyclic amines) is 1. The SMILES string of the molecule is O=C(CN1CC[C@H]2CCCC[C@@H]2C1)Nc1cc(F)ccc1F. The smallest absolute Gasteiger partial charge is 0.238 e. The van der Waals surface area contributed by atoms with Crippen LogP contribution in [0.5, 0.6) is 0 Å². The van der Waals surface area contributed by atoms with E-state index in [0.29, 0.717) is 5.92 Å². The Morgan fingerprint density at radius 3 is 2.77 bits per heavy atom. The topological polar surface area (TPSA) is 32.3 Å². The van der Waals surface area contributed by atoms with Gasteiger partial charge < -0.3 is 5.32 Å². The minimum absolute atomic E-state index is 0.0856. The number of halogens is 2. The standard InChI is InChI=1S/C17H22F2N2O/c18-14-5-6-15(19)16(9-14)20-17(22)11-21-8-7-12-3-1-2-4-13(12)10-21/h5-6,9,12-13H,1-4,7-8,10-11H2,(H,20,22)/t12-,13-/m1/s1. The number of nitrogens with zero attached hydrogens (tertiary/aromatic N) is 1. The van der Waals surface area contributed by atoms with Crippen LogP contribution in [0.1, 0.15) is 32.1 Å². The van der Waals surface area contributed by atoms with Crippen LogP contribution in [0.15, 0.2) is 18.2 Å². The van der Waals surface area contributed by atoms with Crippen molar-refractivity contribution in [1.29, 1.82) is 0 Å². The summed E-state index contributed by atoms with van der Waals surface area (Å²) in [6, 6.07) is 3.08. The maximum atomic E-state index is 13.5. The molecule has 0 aromatic heterocycles. The summed E-state index contributed by atoms with van der Waals surface area (Å²) in [5.74, 6) is 0.0640. The van der Waals surface area contributed by atoms with Crippen LogP contribution in [0.25, 0.3) is 0 Å². The molecule has 1 saturated heterocycles. The lowest BCUT2D eigenvalue weighted by atomic mass is 9.75. The van der Waals surface area contributed by atoms with E-state index in [1.165, 1.54) is 25.7 Å². The van der Waals surface area contributed by atoms with Crippen LogP contribution in [-0.2, 0) is 4.79 Å². The molecule has 1 aliphatic heterocycles. The third-order valence-corrected chi connectivity index (χ3v) is 4.95. The van der Waals surface area contributed by atoms with E-state index in [9.17, 15) is 13.6 Å². The maximum absolute atomic E-state index is 13.5. The minimum Gasteiger partial charge on any atom is -0.322 e. The summed E-state index contributed by atoms with van der Waals surface area (Å²) in [5, 5.41) is 2.47. The molecule has 2 fully saturated rings. The summed E-state index contributed by atoms with van der Waals surface area (Å²) in [6.45, 7) is 2.11. The fraction of sp³-hybridized carbons (Fsp3) is 0.588. The fourth-order valence-electron chi connectivity index (χ4n) is 3.81. The van der Waals surface area contributed by atoms with E-state index in [1.807, 2.05) is 0 Å². The molecule has 1 heterocycles. The second-order valence-corrected chi connectivity index (χ2v) is 6.50. The highest BCUT2D eigenvalue weighted by Crippen LogP contribution is 2.35. The molecule has 0 unspecified atom stereocenters. The van der Waals surface area contributed by atoms with Crippen LogP contribution >= 0.6 is 0 Å². The summed E-state index contributed by atoms with van der Waals surface area (Å²) in [6.07, 6.45) is 6.34. The number of piperidine rings is 1. The number of fused-ring (bicyclic) bond motifs is 1. The lowest BCUT2D eigenvalue weighted by molar-refractivity contribution is -0.118. The highest BCUT2D eigenvalue weighted by Gasteiger charge is 2.31. The van der Waals surface area contributed by atoms with Gasteiger partial charge in [-0.3, -0.25) is 9.69 Å². The molecule has 2 aliphatic rings. The van der Waals surface area contributed by atoms with E-state index in [1.54, 1.807) is 0 Å². The lowest BCUT2D eigenvalue weighted by Crippen LogP contribution is -2.44. The van der Waals surface area contributed by atoms with E-state index in [4.69, 9.17) is 0 Å². The molecule has 0 bridgehead atoms. The van der Waals surface area contributed by atoms with Gasteiger partial charge in [0.2, 0.25) is 5.91 Å². The monoisotopic (exact) mass is 308 g/mol. The second kappa shape index (κ2) is 6.73. The summed E-state index contributed by atoms with van der Waals surface area (Å²) in [7, 11) is 0. The number of carbonyl (C=O) groups is 1. The molecule has 1 amide bonds. The molecule has 0 radical (unpaired) electrons. The Bertz CT molecular complexity index is 549. The van der Waals surface area contributed by atoms with Gasteiger partial charge in [-0.2, -0.15) is 0 Å². The first kappa shape index (κ1) is 15.4. The second-order valence-electron chi connectivity index (χ2n) is 6.50. The lowest BCUT2D eigenvalue weighted by Gasteiger charge is -2.41. The van der Waals surface area contributed by atoms with Crippen molar-refractivity contribution in [3.63, 3.8) is 0 Å². The average Bonchev–Trinajstić information content (AvgIpc) is 2.51. The molecule has 22 heavy (non-hydrogen) atoms. The van der Waals surface area contributed by atoms with Gasteiger partial charge in [0, 0.05) is 12.6 Å². The number of benzene rings is 1. The Hall–Kier alpha value is -1.49. The fourth-order valence-corrected chi connectivity index (χ4v) is 3.81. The molecule has 3 nitrogen and oxygen atoms in total. The van der Waals surface area contributed by atoms with Gasteiger partial charge in [-0.1, -0.05) is 19.3 Å². The van der Waals surface area contributed by atoms with Crippen LogP contribution < -0.4 is 5.32 Å². The number of hydrogen-bond acceptors (Lipinski definition) is 2. The van der Waals surface area contributed by atoms with Gasteiger partial charge in [-0.15, -0.1) is 0 Å². The number of amides is 1. The van der Waals surface area contributed by atoms with Gasteiger partial charge in [-0.25, -0.2) is 8.78 Å². The van der Waals surface area contributed by atoms with Crippen molar-refractivity contribution in [3.8, 4) is 0 Å². The van der Waals surface area contributed by atoms with E-state index >= 15 is 0 Å². The van der Waals surface area contributed by atoms with Gasteiger partial charge in [0.1, 0.15) is 11.6 Å². The van der Waals surface area contributed by atoms with Gasteiger partial charge >= 0.3 is 0 Å². The molecular formula is C17H22F2N2O. The first-order chi connectivity index (χ1) is 10.6. The normalized spacial score (nSPS) is 25.5. The molecule has 0 spiro atoms. The Balaban J connectivity index is 1.54. The van der Waals surface area contributed by atoms with Gasteiger partial charge in [0.15, 0.2) is 0 Å². The largest absolute Gasteiger partial charge is 0.322 e. The molecule has 1 aliphatic carbocycles. The van der Waals surface area contributed by atoms with Crippen LogP contribution in [0.3, 0.4) is 0 Å². The molecule has 120 valence electrons. The van der Waals surface area contributed by atoms with Crippen molar-refractivity contribution in [3.05, 3.63) is 29.8 Å². The Kier molecular flexibility index (Phi) is 4.71. The molecule has 1 saturated carbocycles. The first-order valence-corrected chi connectivity index (χ1v) is 8.09. The van der Waals surface area contributed by atoms with Crippen molar-refractivity contribution in [1.82, 2.24) is 4.90 Å². The molecule has 2 atom stereocenters. The number of anilines is 1. The van der Waals surface area contributed by atoms with Crippen molar-refractivity contribution in [2.75, 3.05) is 25.0 Å². The first-order valence-electron chi connectivity index (χ1n) is 8.09. The van der Waals surface area contributed by atoms with E-state index in [2.05, 4.69) is 10.2 Å². The molecule has 1 N–H and O–H groups in total. The quantitative estimate of drug-likeness (QED) is 0.928. The highest BCUT2D eigenvalue weighted by molar-refractivity contribution is 5.92. The predicted molar refractivity (Wildman–Crippen MR) is 81.5 cm³/mol. The Morgan fingerprint density at radius 2 is 1.95 bits per heavy atom. The summed E-state index contributed by atoms with van der Waals surface area (Å²) in [5.41, 5.74) is -0.0856. The van der Waals surface area contributed by atoms with Crippen LogP contribution in [0.4, 0.5) is 14.5 Å². The van der Waals surface area contributed by atoms with E-state index in [0.717, 1.165) is 43.6 Å². The van der Waals surface area contributed by atoms with Crippen molar-refractivity contribution in [2.45, 2.75) is 32.1 Å². The van der Waals surface area contributed by atoms with Gasteiger partial charge in [0.05, 0.1) is 12.2 Å². The van der Waals surface area contributed by atoms with E-state index < -0.39 is 11.6 Å². The van der Waals surface area contributed by atoms with Crippen LogP contribution in [0, 0.1) is 23.5 Å². The predicted octanol–water partition coefficient (Wildman–Crippen LogP) is 3.42. The molecule has 1 aromatic carbocycles. The Morgan fingerprint density at radius 1 is 1.18 bits per heavy atom. The van der Waals surface area contributed by atoms with Crippen LogP contribution in [0.2, 0.25) is 0 Å². The average molecular weight is 308 g/mol. The zero-order valence-electron chi connectivity index (χ0n) is 12.7. The summed E-state index contributed by atoms with van der Waals surface area (Å²) >= 11 is 0. The van der Waals surface area contributed by atoms with Gasteiger partial charge in [0.25, 0.3) is 0 Å². The third kappa shape index (κ3) is 3.64. The zero-order chi connectivity index (χ0) is 15.5. The molecule has 5 heteroatoms. The molecular weight excluding hydrogens is 286 g/mol. The summed E-state index contributed by atoms with van der Waals surface area (Å²) in [4.78, 5) is 14.2. The zero-order valence-corrected chi connectivity index (χ0v) is 12.7. The number of rotatable bonds is 3. The summed E-state index contributed by atoms with van der Waals surface area (Å²) < 4.78 is 26.6. The van der Waals surface area contributed by atoms with E-state index in [-0.39, 0.29) is 18.1 Å². The number of hydrogen-bond donors (Lipinski definition) is 1. The minimum atomic E-state index is -0.610. The molecule has 1 aromatic rings. The van der Waals surface area contributed by atoms with Gasteiger partial charge in [-0.05, 0) is 43.4 Å². The third-order valence-electron chi connectivity index (χ3n) is 4.95. The van der Waals surface area contributed by atoms with Crippen LogP contribution in [-0.4, -0.2) is 30.4 Å². The van der Waals surface area contributed by atoms with Crippen molar-refractivity contribution >= 4 is 11.6 Å². The van der Waals surface area contributed by atoms with Crippen molar-refractivity contribution < 1.29 is 13.6 Å². The highest BCUT2D eigenvalue weighted by atomic mass is 19.1. The number of carbonyl (C=O) groups excluding carboxylic acids is 1. The maximum Gasteiger partial charge on any atom is 0.238 e. The Labute approximate surface area is 129 Å².